The van der Waals surface area contributed by atoms with Gasteiger partial charge in [-0.15, -0.1) is 12.4 Å². The summed E-state index contributed by atoms with van der Waals surface area (Å²) >= 11 is 6.25. The third-order valence-corrected chi connectivity index (χ3v) is 9.33. The molecule has 1 aliphatic carbocycles. The second kappa shape index (κ2) is 11.5. The molecule has 0 amide bonds. The van der Waals surface area contributed by atoms with E-state index in [1.54, 1.807) is 22.5 Å². The van der Waals surface area contributed by atoms with Crippen LogP contribution in [0.1, 0.15) is 69.2 Å². The molecular formula is C23H37Cl2N3O3S. The van der Waals surface area contributed by atoms with Crippen molar-refractivity contribution in [3.63, 3.8) is 0 Å². The average Bonchev–Trinajstić information content (AvgIpc) is 2.72. The molecule has 0 unspecified atom stereocenters. The van der Waals surface area contributed by atoms with E-state index in [-0.39, 0.29) is 35.4 Å². The Labute approximate surface area is 204 Å². The molecule has 32 heavy (non-hydrogen) atoms. The molecule has 1 aromatic rings. The number of hydrogen-bond donors (Lipinski definition) is 1. The summed E-state index contributed by atoms with van der Waals surface area (Å²) in [5.74, 6) is 0.313. The molecule has 1 heterocycles. The van der Waals surface area contributed by atoms with Crippen LogP contribution in [0.25, 0.3) is 0 Å². The number of hydrogen-bond acceptors (Lipinski definition) is 5. The van der Waals surface area contributed by atoms with Crippen molar-refractivity contribution in [2.75, 3.05) is 37.7 Å². The van der Waals surface area contributed by atoms with E-state index in [2.05, 4.69) is 4.90 Å². The lowest BCUT2D eigenvalue weighted by molar-refractivity contribution is 0.0165. The molecule has 9 heteroatoms. The first-order chi connectivity index (χ1) is 14.6. The summed E-state index contributed by atoms with van der Waals surface area (Å²) in [5, 5.41) is 0.409. The van der Waals surface area contributed by atoms with Gasteiger partial charge in [-0.3, -0.25) is 9.69 Å². The topological polar surface area (TPSA) is 83.7 Å². The second-order valence-electron chi connectivity index (χ2n) is 9.47. The van der Waals surface area contributed by atoms with Gasteiger partial charge in [-0.05, 0) is 37.3 Å². The molecule has 3 rings (SSSR count). The normalized spacial score (nSPS) is 20.1. The molecule has 1 aliphatic heterocycles. The van der Waals surface area contributed by atoms with E-state index in [9.17, 15) is 13.2 Å². The standard InChI is InChI=1S/C23H36ClN3O3S.ClH/c1-18(2)17-31(29,30)27-15-13-26(14-16-27)23(10-4-3-5-11-23)12-9-21(28)22-19(24)7-6-8-20(22)25;/h6-8,18H,3-5,9-17,25H2,1-2H3;1H. The fourth-order valence-electron chi connectivity index (χ4n) is 5.21. The third kappa shape index (κ3) is 6.38. The van der Waals surface area contributed by atoms with Crippen molar-refractivity contribution in [3.05, 3.63) is 28.8 Å². The van der Waals surface area contributed by atoms with E-state index < -0.39 is 10.0 Å². The molecule has 0 aromatic heterocycles. The minimum Gasteiger partial charge on any atom is -0.398 e. The van der Waals surface area contributed by atoms with Crippen LogP contribution in [0.5, 0.6) is 0 Å². The Kier molecular flexibility index (Phi) is 9.86. The van der Waals surface area contributed by atoms with Crippen LogP contribution >= 0.6 is 24.0 Å². The van der Waals surface area contributed by atoms with Crippen LogP contribution in [0.4, 0.5) is 5.69 Å². The number of nitrogens with zero attached hydrogens (tertiary/aromatic N) is 2. The molecule has 1 saturated carbocycles. The number of carbonyl (C=O) groups is 1. The predicted octanol–water partition coefficient (Wildman–Crippen LogP) is 4.61. The number of benzene rings is 1. The fourth-order valence-corrected chi connectivity index (χ4v) is 7.27. The van der Waals surface area contributed by atoms with Crippen LogP contribution in [0.15, 0.2) is 18.2 Å². The number of anilines is 1. The molecule has 1 saturated heterocycles. The Morgan fingerprint density at radius 3 is 2.31 bits per heavy atom. The molecule has 2 fully saturated rings. The summed E-state index contributed by atoms with van der Waals surface area (Å²) in [6.07, 6.45) is 6.78. The number of rotatable bonds is 8. The molecule has 6 nitrogen and oxygen atoms in total. The monoisotopic (exact) mass is 505 g/mol. The van der Waals surface area contributed by atoms with Crippen LogP contribution < -0.4 is 5.73 Å². The maximum Gasteiger partial charge on any atom is 0.214 e. The predicted molar refractivity (Wildman–Crippen MR) is 134 cm³/mol. The highest BCUT2D eigenvalue weighted by atomic mass is 35.5. The van der Waals surface area contributed by atoms with E-state index >= 15 is 0 Å². The van der Waals surface area contributed by atoms with Gasteiger partial charge in [-0.1, -0.05) is 50.8 Å². The number of piperazine rings is 1. The summed E-state index contributed by atoms with van der Waals surface area (Å²) in [7, 11) is -3.20. The minimum atomic E-state index is -3.20. The van der Waals surface area contributed by atoms with Gasteiger partial charge in [0.05, 0.1) is 16.3 Å². The number of Topliss-reactive ketones (excluding diaryl/α,β-unsaturated/α-hetero) is 1. The number of sulfonamides is 1. The quantitative estimate of drug-likeness (QED) is 0.411. The minimum absolute atomic E-state index is 0. The zero-order valence-electron chi connectivity index (χ0n) is 19.2. The van der Waals surface area contributed by atoms with E-state index in [4.69, 9.17) is 17.3 Å². The van der Waals surface area contributed by atoms with Gasteiger partial charge in [-0.25, -0.2) is 8.42 Å². The Hall–Kier alpha value is -0.860. The van der Waals surface area contributed by atoms with Crippen molar-refractivity contribution >= 4 is 45.5 Å². The molecule has 0 bridgehead atoms. The molecule has 0 radical (unpaired) electrons. The van der Waals surface area contributed by atoms with Crippen molar-refractivity contribution in [1.29, 1.82) is 0 Å². The van der Waals surface area contributed by atoms with Crippen molar-refractivity contribution in [3.8, 4) is 0 Å². The van der Waals surface area contributed by atoms with Crippen molar-refractivity contribution < 1.29 is 13.2 Å². The van der Waals surface area contributed by atoms with Crippen LogP contribution in [-0.2, 0) is 10.0 Å². The van der Waals surface area contributed by atoms with E-state index in [0.29, 0.717) is 35.8 Å². The van der Waals surface area contributed by atoms with Gasteiger partial charge in [0.1, 0.15) is 0 Å². The van der Waals surface area contributed by atoms with E-state index in [1.165, 1.54) is 6.42 Å². The Morgan fingerprint density at radius 2 is 1.75 bits per heavy atom. The molecule has 2 aliphatic rings. The molecule has 2 N–H and O–H groups in total. The van der Waals surface area contributed by atoms with Gasteiger partial charge in [0.15, 0.2) is 5.78 Å². The van der Waals surface area contributed by atoms with Crippen molar-refractivity contribution in [1.82, 2.24) is 9.21 Å². The SMILES string of the molecule is CC(C)CS(=O)(=O)N1CCN(C2(CCC(=O)c3c(N)cccc3Cl)CCCCC2)CC1.Cl. The summed E-state index contributed by atoms with van der Waals surface area (Å²) in [6.45, 7) is 6.38. The van der Waals surface area contributed by atoms with Crippen molar-refractivity contribution in [2.45, 2.75) is 64.3 Å². The van der Waals surface area contributed by atoms with E-state index in [0.717, 1.165) is 45.2 Å². The first-order valence-corrected chi connectivity index (χ1v) is 13.4. The lowest BCUT2D eigenvalue weighted by atomic mass is 9.76. The maximum atomic E-state index is 13.0. The second-order valence-corrected chi connectivity index (χ2v) is 11.9. The van der Waals surface area contributed by atoms with E-state index in [1.807, 2.05) is 13.8 Å². The lowest BCUT2D eigenvalue weighted by Crippen LogP contribution is -2.59. The average molecular weight is 507 g/mol. The largest absolute Gasteiger partial charge is 0.398 e. The Balaban J connectivity index is 0.00000363. The first kappa shape index (κ1) is 27.4. The Bertz CT molecular complexity index is 858. The highest BCUT2D eigenvalue weighted by Crippen LogP contribution is 2.39. The van der Waals surface area contributed by atoms with Crippen molar-refractivity contribution in [2.24, 2.45) is 5.92 Å². The summed E-state index contributed by atoms with van der Waals surface area (Å²) in [5.41, 5.74) is 6.84. The zero-order valence-corrected chi connectivity index (χ0v) is 21.6. The highest BCUT2D eigenvalue weighted by molar-refractivity contribution is 7.89. The van der Waals surface area contributed by atoms with Gasteiger partial charge in [0.2, 0.25) is 10.0 Å². The highest BCUT2D eigenvalue weighted by Gasteiger charge is 2.41. The number of nitrogen functional groups attached to an aromatic ring is 1. The van der Waals surface area contributed by atoms with Gasteiger partial charge < -0.3 is 5.73 Å². The number of carbonyl (C=O) groups excluding carboxylic acids is 1. The molecule has 1 aromatic carbocycles. The lowest BCUT2D eigenvalue weighted by Gasteiger charge is -2.50. The summed E-state index contributed by atoms with van der Waals surface area (Å²) in [4.78, 5) is 15.4. The third-order valence-electron chi connectivity index (χ3n) is 6.77. The number of nitrogens with two attached hydrogens (primary N) is 1. The van der Waals surface area contributed by atoms with Crippen LogP contribution in [0, 0.1) is 5.92 Å². The smallest absolute Gasteiger partial charge is 0.214 e. The van der Waals surface area contributed by atoms with Crippen LogP contribution in [-0.4, -0.2) is 60.9 Å². The fraction of sp³-hybridized carbons (Fsp3) is 0.696. The van der Waals surface area contributed by atoms with Gasteiger partial charge >= 0.3 is 0 Å². The zero-order chi connectivity index (χ0) is 22.6. The first-order valence-electron chi connectivity index (χ1n) is 11.4. The van der Waals surface area contributed by atoms with Crippen LogP contribution in [0.3, 0.4) is 0 Å². The Morgan fingerprint density at radius 1 is 1.12 bits per heavy atom. The maximum absolute atomic E-state index is 13.0. The molecule has 0 spiro atoms. The number of ketones is 1. The summed E-state index contributed by atoms with van der Waals surface area (Å²) in [6, 6.07) is 5.18. The van der Waals surface area contributed by atoms with Crippen LogP contribution in [0.2, 0.25) is 5.02 Å². The van der Waals surface area contributed by atoms with Gasteiger partial charge in [0.25, 0.3) is 0 Å². The van der Waals surface area contributed by atoms with Gasteiger partial charge in [-0.2, -0.15) is 4.31 Å². The molecular weight excluding hydrogens is 469 g/mol. The number of halogens is 2. The summed E-state index contributed by atoms with van der Waals surface area (Å²) < 4.78 is 26.9. The molecule has 0 atom stereocenters. The van der Waals surface area contributed by atoms with Gasteiger partial charge in [0, 0.05) is 43.8 Å². The molecule has 182 valence electrons.